The van der Waals surface area contributed by atoms with Gasteiger partial charge in [0.05, 0.1) is 26.0 Å². The van der Waals surface area contributed by atoms with E-state index in [0.29, 0.717) is 0 Å². The van der Waals surface area contributed by atoms with Gasteiger partial charge in [-0.1, -0.05) is 103 Å². The lowest BCUT2D eigenvalue weighted by Crippen LogP contribution is -2.10. The molecule has 7 aromatic carbocycles. The van der Waals surface area contributed by atoms with Gasteiger partial charge in [0.25, 0.3) is 0 Å². The van der Waals surface area contributed by atoms with Gasteiger partial charge in [-0.3, -0.25) is 0 Å². The number of anilines is 3. The highest BCUT2D eigenvalue weighted by atomic mass is 32.1. The number of hydrogen-bond donors (Lipinski definition) is 0. The van der Waals surface area contributed by atoms with Crippen molar-refractivity contribution in [1.29, 1.82) is 0 Å². The number of rotatable bonds is 5. The number of fused-ring (bicyclic) bond motifs is 8. The highest BCUT2D eigenvalue weighted by molar-refractivity contribution is 7.26. The molecule has 0 saturated carbocycles. The van der Waals surface area contributed by atoms with Crippen molar-refractivity contribution in [3.63, 3.8) is 0 Å². The summed E-state index contributed by atoms with van der Waals surface area (Å²) in [5.41, 5.74) is 9.53. The Labute approximate surface area is 284 Å². The number of benzene rings is 7. The first-order valence-electron chi connectivity index (χ1n) is 16.0. The second kappa shape index (κ2) is 10.9. The normalized spacial score (nSPS) is 11.8. The second-order valence-electron chi connectivity index (χ2n) is 12.0. The van der Waals surface area contributed by atoms with E-state index in [1.54, 1.807) is 11.3 Å². The first kappa shape index (κ1) is 27.4. The van der Waals surface area contributed by atoms with Crippen molar-refractivity contribution in [2.75, 3.05) is 4.90 Å². The van der Waals surface area contributed by atoms with Gasteiger partial charge in [0.15, 0.2) is 0 Å². The van der Waals surface area contributed by atoms with Crippen molar-refractivity contribution in [3.05, 3.63) is 158 Å². The van der Waals surface area contributed by atoms with Crippen molar-refractivity contribution >= 4 is 92.1 Å². The third-order valence-corrected chi connectivity index (χ3v) is 11.4. The fourth-order valence-corrected chi connectivity index (χ4v) is 9.04. The van der Waals surface area contributed by atoms with Crippen LogP contribution in [0.25, 0.3) is 74.0 Å². The highest BCUT2D eigenvalue weighted by Gasteiger charge is 2.21. The van der Waals surface area contributed by atoms with E-state index in [1.807, 2.05) is 17.4 Å². The molecule has 0 bridgehead atoms. The Morgan fingerprint density at radius 3 is 2.00 bits per heavy atom. The van der Waals surface area contributed by atoms with Crippen LogP contribution in [0, 0.1) is 0 Å². The van der Waals surface area contributed by atoms with Gasteiger partial charge in [0.2, 0.25) is 0 Å². The molecule has 0 aliphatic carbocycles. The Bertz CT molecular complexity index is 2780. The van der Waals surface area contributed by atoms with E-state index < -0.39 is 0 Å². The number of furan rings is 1. The van der Waals surface area contributed by atoms with Gasteiger partial charge in [-0.05, 0) is 65.7 Å². The molecule has 3 aromatic heterocycles. The number of aromatic nitrogens is 1. The van der Waals surface area contributed by atoms with Crippen LogP contribution in [0.3, 0.4) is 0 Å². The van der Waals surface area contributed by atoms with E-state index in [0.717, 1.165) is 59.8 Å². The summed E-state index contributed by atoms with van der Waals surface area (Å²) in [4.78, 5) is 7.56. The maximum absolute atomic E-state index is 6.44. The van der Waals surface area contributed by atoms with E-state index in [1.165, 1.54) is 31.3 Å². The van der Waals surface area contributed by atoms with Crippen molar-refractivity contribution in [1.82, 2.24) is 4.98 Å². The van der Waals surface area contributed by atoms with Crippen LogP contribution in [0.15, 0.2) is 162 Å². The molecule has 0 atom stereocenters. The predicted octanol–water partition coefficient (Wildman–Crippen LogP) is 13.4. The average Bonchev–Trinajstić information content (AvgIpc) is 3.86. The summed E-state index contributed by atoms with van der Waals surface area (Å²) in [5, 5.41) is 5.69. The van der Waals surface area contributed by atoms with E-state index in [4.69, 9.17) is 9.40 Å². The largest absolute Gasteiger partial charge is 0.456 e. The van der Waals surface area contributed by atoms with Gasteiger partial charge < -0.3 is 9.32 Å². The SMILES string of the molecule is c1ccc(-c2ccc(N(c3ccc4oc5ccc6sc(-c7ccccc7)nc6c5c4c3)c3cccc4c3sc3ccccc34)cc2)cc1. The lowest BCUT2D eigenvalue weighted by atomic mass is 10.0. The van der Waals surface area contributed by atoms with Gasteiger partial charge in [-0.25, -0.2) is 4.98 Å². The molecule has 0 saturated heterocycles. The van der Waals surface area contributed by atoms with Crippen molar-refractivity contribution in [2.24, 2.45) is 0 Å². The Morgan fingerprint density at radius 2 is 1.17 bits per heavy atom. The molecule has 0 N–H and O–H groups in total. The minimum Gasteiger partial charge on any atom is -0.456 e. The fourth-order valence-electron chi connectivity index (χ4n) is 6.85. The van der Waals surface area contributed by atoms with E-state index in [2.05, 4.69) is 157 Å². The second-order valence-corrected chi connectivity index (χ2v) is 14.0. The number of thiophene rings is 1. The van der Waals surface area contributed by atoms with Gasteiger partial charge in [0.1, 0.15) is 16.2 Å². The Kier molecular flexibility index (Phi) is 6.22. The lowest BCUT2D eigenvalue weighted by Gasteiger charge is -2.26. The zero-order chi connectivity index (χ0) is 31.6. The van der Waals surface area contributed by atoms with E-state index >= 15 is 0 Å². The first-order valence-corrected chi connectivity index (χ1v) is 17.6. The third-order valence-electron chi connectivity index (χ3n) is 9.11. The molecule has 48 heavy (non-hydrogen) atoms. The summed E-state index contributed by atoms with van der Waals surface area (Å²) in [7, 11) is 0. The van der Waals surface area contributed by atoms with Crippen LogP contribution in [-0.2, 0) is 0 Å². The first-order chi connectivity index (χ1) is 23.8. The quantitative estimate of drug-likeness (QED) is 0.186. The van der Waals surface area contributed by atoms with Crippen LogP contribution in [0.5, 0.6) is 0 Å². The molecular formula is C43H26N2OS2. The molecule has 0 aliphatic heterocycles. The minimum absolute atomic E-state index is 0.852. The van der Waals surface area contributed by atoms with Gasteiger partial charge in [-0.15, -0.1) is 22.7 Å². The van der Waals surface area contributed by atoms with Gasteiger partial charge in [-0.2, -0.15) is 0 Å². The van der Waals surface area contributed by atoms with Crippen LogP contribution in [0.2, 0.25) is 0 Å². The van der Waals surface area contributed by atoms with E-state index in [-0.39, 0.29) is 0 Å². The zero-order valence-electron chi connectivity index (χ0n) is 25.6. The van der Waals surface area contributed by atoms with Crippen LogP contribution in [0.4, 0.5) is 17.1 Å². The molecule has 5 heteroatoms. The highest BCUT2D eigenvalue weighted by Crippen LogP contribution is 2.47. The van der Waals surface area contributed by atoms with E-state index in [9.17, 15) is 0 Å². The maximum atomic E-state index is 6.44. The minimum atomic E-state index is 0.852. The number of nitrogens with zero attached hydrogens (tertiary/aromatic N) is 2. The molecule has 10 rings (SSSR count). The summed E-state index contributed by atoms with van der Waals surface area (Å²) in [6.07, 6.45) is 0. The van der Waals surface area contributed by atoms with Crippen LogP contribution >= 0.6 is 22.7 Å². The summed E-state index contributed by atoms with van der Waals surface area (Å²) in [6.45, 7) is 0. The topological polar surface area (TPSA) is 29.3 Å². The summed E-state index contributed by atoms with van der Waals surface area (Å²) < 4.78 is 10.1. The Hall–Kier alpha value is -5.75. The molecular weight excluding hydrogens is 625 g/mol. The molecule has 3 heterocycles. The fraction of sp³-hybridized carbons (Fsp3) is 0. The Morgan fingerprint density at radius 1 is 0.479 bits per heavy atom. The van der Waals surface area contributed by atoms with Gasteiger partial charge >= 0.3 is 0 Å². The van der Waals surface area contributed by atoms with Crippen molar-refractivity contribution < 1.29 is 4.42 Å². The maximum Gasteiger partial charge on any atom is 0.137 e. The molecule has 0 spiro atoms. The molecule has 0 amide bonds. The third kappa shape index (κ3) is 4.36. The molecule has 0 radical (unpaired) electrons. The van der Waals surface area contributed by atoms with Crippen LogP contribution in [0.1, 0.15) is 0 Å². The summed E-state index contributed by atoms with van der Waals surface area (Å²) in [6, 6.07) is 56.0. The molecule has 3 nitrogen and oxygen atoms in total. The monoisotopic (exact) mass is 650 g/mol. The van der Waals surface area contributed by atoms with Gasteiger partial charge in [0, 0.05) is 37.8 Å². The molecule has 226 valence electrons. The average molecular weight is 651 g/mol. The standard InChI is InChI=1S/C43H26N2OS2/c1-3-10-27(11-4-1)28-18-20-30(21-19-28)45(35-16-9-15-33-32-14-7-8-17-38(32)47-42(33)35)31-22-23-36-34(26-31)40-37(46-36)24-25-39-41(40)44-43(48-39)29-12-5-2-6-13-29/h1-26H. The molecule has 10 aromatic rings. The number of hydrogen-bond acceptors (Lipinski definition) is 5. The van der Waals surface area contributed by atoms with Crippen LogP contribution < -0.4 is 4.90 Å². The molecule has 0 aliphatic rings. The van der Waals surface area contributed by atoms with Crippen molar-refractivity contribution in [3.8, 4) is 21.7 Å². The smallest absolute Gasteiger partial charge is 0.137 e. The number of thiazole rings is 1. The molecule has 0 fully saturated rings. The zero-order valence-corrected chi connectivity index (χ0v) is 27.3. The predicted molar refractivity (Wildman–Crippen MR) is 205 cm³/mol. The van der Waals surface area contributed by atoms with Crippen LogP contribution in [-0.4, -0.2) is 4.98 Å². The lowest BCUT2D eigenvalue weighted by molar-refractivity contribution is 0.669. The van der Waals surface area contributed by atoms with Crippen molar-refractivity contribution in [2.45, 2.75) is 0 Å². The summed E-state index contributed by atoms with van der Waals surface area (Å²) in [5.74, 6) is 0. The molecule has 0 unspecified atom stereocenters. The summed E-state index contributed by atoms with van der Waals surface area (Å²) >= 11 is 3.57. The Balaban J connectivity index is 1.20.